The summed E-state index contributed by atoms with van der Waals surface area (Å²) >= 11 is 1.56. The number of rotatable bonds is 4. The fourth-order valence-corrected chi connectivity index (χ4v) is 2.51. The summed E-state index contributed by atoms with van der Waals surface area (Å²) in [6.07, 6.45) is 1.79. The lowest BCUT2D eigenvalue weighted by atomic mass is 10.3. The second-order valence-electron chi connectivity index (χ2n) is 4.21. The molecule has 0 saturated heterocycles. The number of aromatic nitrogens is 3. The zero-order valence-corrected chi connectivity index (χ0v) is 12.0. The molecule has 3 N–H and O–H groups in total. The molecule has 0 bridgehead atoms. The van der Waals surface area contributed by atoms with Gasteiger partial charge in [0, 0.05) is 17.6 Å². The maximum atomic E-state index is 12.2. The molecule has 2 heterocycles. The van der Waals surface area contributed by atoms with Gasteiger partial charge in [-0.25, -0.2) is 4.98 Å². The minimum absolute atomic E-state index is 0.215. The predicted molar refractivity (Wildman–Crippen MR) is 75.1 cm³/mol. The molecule has 102 valence electrons. The van der Waals surface area contributed by atoms with Crippen LogP contribution in [0.3, 0.4) is 0 Å². The molecule has 0 aromatic carbocycles. The molecule has 2 aromatic rings. The van der Waals surface area contributed by atoms with Crippen molar-refractivity contribution in [1.29, 1.82) is 0 Å². The maximum Gasteiger partial charge on any atom is 0.272 e. The lowest BCUT2D eigenvalue weighted by Gasteiger charge is -2.06. The number of nitrogen functional groups attached to an aromatic ring is 1. The van der Waals surface area contributed by atoms with Crippen molar-refractivity contribution in [3.05, 3.63) is 27.5 Å². The molecule has 0 aliphatic carbocycles. The molecule has 6 nitrogen and oxygen atoms in total. The van der Waals surface area contributed by atoms with Gasteiger partial charge in [0.2, 0.25) is 0 Å². The molecule has 0 atom stereocenters. The minimum atomic E-state index is -0.215. The Morgan fingerprint density at radius 2 is 2.26 bits per heavy atom. The first-order chi connectivity index (χ1) is 9.02. The van der Waals surface area contributed by atoms with Crippen LogP contribution in [0.5, 0.6) is 0 Å². The average molecular weight is 279 g/mol. The fraction of sp³-hybridized carbons (Fsp3) is 0.417. The average Bonchev–Trinajstić information content (AvgIpc) is 2.92. The molecule has 2 aromatic heterocycles. The first-order valence-corrected chi connectivity index (χ1v) is 6.87. The van der Waals surface area contributed by atoms with Gasteiger partial charge in [0.1, 0.15) is 10.7 Å². The molecular formula is C12H17N5OS. The van der Waals surface area contributed by atoms with Gasteiger partial charge in [-0.1, -0.05) is 0 Å². The summed E-state index contributed by atoms with van der Waals surface area (Å²) in [5.74, 6) is -0.215. The van der Waals surface area contributed by atoms with E-state index in [2.05, 4.69) is 15.4 Å². The van der Waals surface area contributed by atoms with Crippen molar-refractivity contribution in [2.75, 3.05) is 5.73 Å². The van der Waals surface area contributed by atoms with Gasteiger partial charge in [-0.05, 0) is 20.8 Å². The highest BCUT2D eigenvalue weighted by molar-refractivity contribution is 7.11. The van der Waals surface area contributed by atoms with E-state index < -0.39 is 0 Å². The van der Waals surface area contributed by atoms with Crippen LogP contribution in [0.4, 0.5) is 5.69 Å². The lowest BCUT2D eigenvalue weighted by molar-refractivity contribution is 0.0941. The Morgan fingerprint density at radius 3 is 2.84 bits per heavy atom. The molecule has 0 aliphatic heterocycles. The molecule has 0 unspecified atom stereocenters. The number of nitrogens with zero attached hydrogens (tertiary/aromatic N) is 3. The summed E-state index contributed by atoms with van der Waals surface area (Å²) in [6.45, 7) is 6.72. The predicted octanol–water partition coefficient (Wildman–Crippen LogP) is 1.49. The second-order valence-corrected chi connectivity index (χ2v) is 5.53. The van der Waals surface area contributed by atoms with Gasteiger partial charge in [-0.15, -0.1) is 11.3 Å². The van der Waals surface area contributed by atoms with Gasteiger partial charge in [0.15, 0.2) is 0 Å². The second kappa shape index (κ2) is 5.40. The monoisotopic (exact) mass is 279 g/mol. The van der Waals surface area contributed by atoms with Crippen LogP contribution in [-0.4, -0.2) is 20.7 Å². The number of nitrogens with two attached hydrogens (primary N) is 1. The third-order valence-corrected chi connectivity index (χ3v) is 3.67. The molecule has 0 saturated carbocycles. The SMILES string of the molecule is CCn1nc(C)c(N)c1C(=O)NCc1ncc(C)s1. The number of carbonyl (C=O) groups is 1. The maximum absolute atomic E-state index is 12.2. The van der Waals surface area contributed by atoms with Crippen molar-refractivity contribution in [3.8, 4) is 0 Å². The number of hydrogen-bond acceptors (Lipinski definition) is 5. The number of amides is 1. The Kier molecular flexibility index (Phi) is 3.84. The molecule has 19 heavy (non-hydrogen) atoms. The van der Waals surface area contributed by atoms with Crippen LogP contribution in [0, 0.1) is 13.8 Å². The topological polar surface area (TPSA) is 85.8 Å². The van der Waals surface area contributed by atoms with E-state index in [4.69, 9.17) is 5.73 Å². The third kappa shape index (κ3) is 2.76. The first kappa shape index (κ1) is 13.5. The Hall–Kier alpha value is -1.89. The molecule has 1 amide bonds. The molecule has 0 radical (unpaired) electrons. The summed E-state index contributed by atoms with van der Waals surface area (Å²) < 4.78 is 1.62. The summed E-state index contributed by atoms with van der Waals surface area (Å²) in [5, 5.41) is 7.93. The van der Waals surface area contributed by atoms with E-state index in [-0.39, 0.29) is 5.91 Å². The van der Waals surface area contributed by atoms with Gasteiger partial charge in [0.05, 0.1) is 17.9 Å². The zero-order chi connectivity index (χ0) is 14.0. The summed E-state index contributed by atoms with van der Waals surface area (Å²) in [5.41, 5.74) is 7.44. The number of hydrogen-bond donors (Lipinski definition) is 2. The van der Waals surface area contributed by atoms with E-state index in [0.29, 0.717) is 30.2 Å². The van der Waals surface area contributed by atoms with Crippen LogP contribution in [0.1, 0.15) is 33.0 Å². The quantitative estimate of drug-likeness (QED) is 0.887. The van der Waals surface area contributed by atoms with Crippen LogP contribution < -0.4 is 11.1 Å². The van der Waals surface area contributed by atoms with Crippen molar-refractivity contribution in [2.24, 2.45) is 0 Å². The van der Waals surface area contributed by atoms with Crippen molar-refractivity contribution < 1.29 is 4.79 Å². The Balaban J connectivity index is 2.12. The van der Waals surface area contributed by atoms with Gasteiger partial charge >= 0.3 is 0 Å². The van der Waals surface area contributed by atoms with E-state index in [1.807, 2.05) is 13.8 Å². The van der Waals surface area contributed by atoms with Gasteiger partial charge in [0.25, 0.3) is 5.91 Å². The fourth-order valence-electron chi connectivity index (χ4n) is 1.79. The Labute approximate surface area is 115 Å². The Bertz CT molecular complexity index is 601. The van der Waals surface area contributed by atoms with Gasteiger partial charge < -0.3 is 11.1 Å². The summed E-state index contributed by atoms with van der Waals surface area (Å²) in [6, 6.07) is 0. The molecule has 2 rings (SSSR count). The number of aryl methyl sites for hydroxylation is 3. The highest BCUT2D eigenvalue weighted by Gasteiger charge is 2.18. The molecular weight excluding hydrogens is 262 g/mol. The number of anilines is 1. The molecule has 0 fully saturated rings. The number of thiazole rings is 1. The number of nitrogens with one attached hydrogen (secondary N) is 1. The standard InChI is InChI=1S/C12H17N5OS/c1-4-17-11(10(13)8(3)16-17)12(18)15-6-9-14-5-7(2)19-9/h5H,4,6,13H2,1-3H3,(H,15,18). The van der Waals surface area contributed by atoms with Crippen LogP contribution in [-0.2, 0) is 13.1 Å². The van der Waals surface area contributed by atoms with Crippen molar-refractivity contribution >= 4 is 22.9 Å². The van der Waals surface area contributed by atoms with Gasteiger partial charge in [-0.2, -0.15) is 5.10 Å². The van der Waals surface area contributed by atoms with Crippen LogP contribution in [0.2, 0.25) is 0 Å². The highest BCUT2D eigenvalue weighted by atomic mass is 32.1. The lowest BCUT2D eigenvalue weighted by Crippen LogP contribution is -2.26. The Morgan fingerprint density at radius 1 is 1.53 bits per heavy atom. The number of carbonyl (C=O) groups excluding carboxylic acids is 1. The highest BCUT2D eigenvalue weighted by Crippen LogP contribution is 2.17. The van der Waals surface area contributed by atoms with E-state index in [0.717, 1.165) is 9.88 Å². The third-order valence-electron chi connectivity index (χ3n) is 2.76. The molecule has 7 heteroatoms. The largest absolute Gasteiger partial charge is 0.395 e. The molecule has 0 spiro atoms. The van der Waals surface area contributed by atoms with Crippen molar-refractivity contribution in [1.82, 2.24) is 20.1 Å². The van der Waals surface area contributed by atoms with E-state index in [1.165, 1.54) is 0 Å². The van der Waals surface area contributed by atoms with Crippen LogP contribution in [0.15, 0.2) is 6.20 Å². The van der Waals surface area contributed by atoms with E-state index in [1.54, 1.807) is 29.1 Å². The van der Waals surface area contributed by atoms with Crippen LogP contribution in [0.25, 0.3) is 0 Å². The smallest absolute Gasteiger partial charge is 0.272 e. The molecule has 0 aliphatic rings. The zero-order valence-electron chi connectivity index (χ0n) is 11.2. The first-order valence-electron chi connectivity index (χ1n) is 6.05. The summed E-state index contributed by atoms with van der Waals surface area (Å²) in [4.78, 5) is 17.5. The van der Waals surface area contributed by atoms with E-state index >= 15 is 0 Å². The van der Waals surface area contributed by atoms with Crippen molar-refractivity contribution in [3.63, 3.8) is 0 Å². The van der Waals surface area contributed by atoms with E-state index in [9.17, 15) is 4.79 Å². The minimum Gasteiger partial charge on any atom is -0.395 e. The normalized spacial score (nSPS) is 10.7. The summed E-state index contributed by atoms with van der Waals surface area (Å²) in [7, 11) is 0. The van der Waals surface area contributed by atoms with Crippen LogP contribution >= 0.6 is 11.3 Å². The van der Waals surface area contributed by atoms with Gasteiger partial charge in [-0.3, -0.25) is 9.48 Å². The van der Waals surface area contributed by atoms with Crippen molar-refractivity contribution in [2.45, 2.75) is 33.9 Å².